The second kappa shape index (κ2) is 4.36. The summed E-state index contributed by atoms with van der Waals surface area (Å²) in [5, 5.41) is 8.71. The van der Waals surface area contributed by atoms with E-state index in [1.54, 1.807) is 24.5 Å². The Labute approximate surface area is 91.8 Å². The maximum absolute atomic E-state index is 11.6. The summed E-state index contributed by atoms with van der Waals surface area (Å²) in [5.74, 6) is -1.34. The van der Waals surface area contributed by atoms with Gasteiger partial charge in [0.1, 0.15) is 6.10 Å². The number of carbonyl (C=O) groups is 2. The van der Waals surface area contributed by atoms with Crippen LogP contribution >= 0.6 is 0 Å². The van der Waals surface area contributed by atoms with Crippen LogP contribution in [0, 0.1) is 0 Å². The van der Waals surface area contributed by atoms with Gasteiger partial charge in [-0.3, -0.25) is 14.9 Å². The summed E-state index contributed by atoms with van der Waals surface area (Å²) >= 11 is 0. The van der Waals surface area contributed by atoms with Gasteiger partial charge in [-0.15, -0.1) is 0 Å². The predicted molar refractivity (Wildman–Crippen MR) is 54.3 cm³/mol. The third-order valence-corrected chi connectivity index (χ3v) is 2.43. The van der Waals surface area contributed by atoms with E-state index in [1.807, 2.05) is 0 Å². The van der Waals surface area contributed by atoms with Gasteiger partial charge in [0.25, 0.3) is 5.91 Å². The lowest BCUT2D eigenvalue weighted by Gasteiger charge is -2.12. The lowest BCUT2D eigenvalue weighted by Crippen LogP contribution is -2.33. The van der Waals surface area contributed by atoms with Gasteiger partial charge in [0.2, 0.25) is 0 Å². The molecule has 0 radical (unpaired) electrons. The highest BCUT2D eigenvalue weighted by Gasteiger charge is 2.34. The second-order valence-corrected chi connectivity index (χ2v) is 3.60. The van der Waals surface area contributed by atoms with E-state index < -0.39 is 18.2 Å². The molecule has 16 heavy (non-hydrogen) atoms. The molecule has 2 heterocycles. The molecule has 0 bridgehead atoms. The molecule has 0 aliphatic carbocycles. The van der Waals surface area contributed by atoms with Gasteiger partial charge in [-0.2, -0.15) is 0 Å². The van der Waals surface area contributed by atoms with Gasteiger partial charge in [0, 0.05) is 12.4 Å². The number of carboxylic acid groups (broad SMARTS) is 1. The number of nitrogens with zero attached hydrogens (tertiary/aromatic N) is 1. The van der Waals surface area contributed by atoms with E-state index in [0.717, 1.165) is 0 Å². The lowest BCUT2D eigenvalue weighted by atomic mass is 10.2. The minimum absolute atomic E-state index is 0.319. The molecular formula is C10H12N2O4. The van der Waals surface area contributed by atoms with Crippen molar-refractivity contribution < 1.29 is 19.4 Å². The predicted octanol–water partition coefficient (Wildman–Crippen LogP) is 0.190. The van der Waals surface area contributed by atoms with E-state index in [-0.39, 0.29) is 5.91 Å². The first kappa shape index (κ1) is 10.7. The first-order chi connectivity index (χ1) is 7.66. The molecular weight excluding hydrogens is 212 g/mol. The number of aromatic nitrogens is 1. The maximum atomic E-state index is 11.6. The van der Waals surface area contributed by atoms with Crippen LogP contribution in [0.2, 0.25) is 0 Å². The maximum Gasteiger partial charge on any atom is 0.332 e. The quantitative estimate of drug-likeness (QED) is 0.768. The number of aliphatic carboxylic acids is 1. The number of hydrogen-bond acceptors (Lipinski definition) is 3. The van der Waals surface area contributed by atoms with Gasteiger partial charge < -0.3 is 9.84 Å². The number of amides is 1. The van der Waals surface area contributed by atoms with Crippen LogP contribution in [0.25, 0.3) is 0 Å². The van der Waals surface area contributed by atoms with Crippen molar-refractivity contribution in [3.63, 3.8) is 0 Å². The molecule has 2 atom stereocenters. The van der Waals surface area contributed by atoms with Crippen LogP contribution in [0.4, 0.5) is 0 Å². The fourth-order valence-electron chi connectivity index (χ4n) is 1.62. The highest BCUT2D eigenvalue weighted by molar-refractivity contribution is 5.88. The van der Waals surface area contributed by atoms with E-state index in [4.69, 9.17) is 9.84 Å². The molecule has 0 saturated carbocycles. The highest BCUT2D eigenvalue weighted by atomic mass is 16.5. The summed E-state index contributed by atoms with van der Waals surface area (Å²) < 4.78 is 6.61. The summed E-state index contributed by atoms with van der Waals surface area (Å²) in [6, 6.07) is 3.55. The Morgan fingerprint density at radius 1 is 1.25 bits per heavy atom. The van der Waals surface area contributed by atoms with Crippen LogP contribution in [0.15, 0.2) is 24.5 Å². The Hall–Kier alpha value is -1.82. The van der Waals surface area contributed by atoms with Crippen LogP contribution in [-0.4, -0.2) is 33.9 Å². The Bertz CT molecular complexity index is 388. The highest BCUT2D eigenvalue weighted by Crippen LogP contribution is 2.20. The standard InChI is InChI=1S/C10H12N2O4/c13-9(11-12-5-1-2-6-12)7-3-4-8(16-7)10(14)15/h1-2,5-8H,3-4H2,(H,11,13)(H,14,15). The van der Waals surface area contributed by atoms with Gasteiger partial charge in [0.15, 0.2) is 6.10 Å². The zero-order valence-electron chi connectivity index (χ0n) is 8.50. The molecule has 1 aromatic heterocycles. The molecule has 2 rings (SSSR count). The number of hydrogen-bond donors (Lipinski definition) is 2. The molecule has 1 aliphatic rings. The van der Waals surface area contributed by atoms with Crippen molar-refractivity contribution in [1.82, 2.24) is 4.68 Å². The number of ether oxygens (including phenoxy) is 1. The molecule has 0 spiro atoms. The van der Waals surface area contributed by atoms with Crippen LogP contribution in [0.1, 0.15) is 12.8 Å². The summed E-state index contributed by atoms with van der Waals surface area (Å²) in [7, 11) is 0. The van der Waals surface area contributed by atoms with Crippen LogP contribution in [0.5, 0.6) is 0 Å². The third-order valence-electron chi connectivity index (χ3n) is 2.43. The Kier molecular flexibility index (Phi) is 2.91. The average molecular weight is 224 g/mol. The Balaban J connectivity index is 1.90. The molecule has 1 saturated heterocycles. The molecule has 6 nitrogen and oxygen atoms in total. The molecule has 1 amide bonds. The van der Waals surface area contributed by atoms with E-state index in [9.17, 15) is 9.59 Å². The van der Waals surface area contributed by atoms with Gasteiger partial charge >= 0.3 is 5.97 Å². The fourth-order valence-corrected chi connectivity index (χ4v) is 1.62. The molecule has 2 unspecified atom stereocenters. The van der Waals surface area contributed by atoms with Crippen LogP contribution < -0.4 is 5.43 Å². The minimum atomic E-state index is -1.02. The van der Waals surface area contributed by atoms with E-state index in [2.05, 4.69) is 5.43 Å². The van der Waals surface area contributed by atoms with Crippen LogP contribution in [-0.2, 0) is 14.3 Å². The second-order valence-electron chi connectivity index (χ2n) is 3.60. The largest absolute Gasteiger partial charge is 0.479 e. The topological polar surface area (TPSA) is 80.6 Å². The summed E-state index contributed by atoms with van der Waals surface area (Å²) in [4.78, 5) is 22.3. The summed E-state index contributed by atoms with van der Waals surface area (Å²) in [6.07, 6.45) is 2.63. The SMILES string of the molecule is O=C(O)C1CCC(C(=O)Nn2cccc2)O1. The number of carboxylic acids is 1. The Morgan fingerprint density at radius 3 is 2.44 bits per heavy atom. The summed E-state index contributed by atoms with van der Waals surface area (Å²) in [5.41, 5.74) is 2.58. The van der Waals surface area contributed by atoms with Gasteiger partial charge in [-0.05, 0) is 25.0 Å². The van der Waals surface area contributed by atoms with Crippen LogP contribution in [0.3, 0.4) is 0 Å². The normalized spacial score (nSPS) is 24.2. The number of nitrogens with one attached hydrogen (secondary N) is 1. The smallest absolute Gasteiger partial charge is 0.332 e. The fraction of sp³-hybridized carbons (Fsp3) is 0.400. The zero-order chi connectivity index (χ0) is 11.5. The number of rotatable bonds is 3. The van der Waals surface area contributed by atoms with Gasteiger partial charge in [-0.1, -0.05) is 0 Å². The van der Waals surface area contributed by atoms with Gasteiger partial charge in [-0.25, -0.2) is 4.79 Å². The van der Waals surface area contributed by atoms with Crippen molar-refractivity contribution in [2.24, 2.45) is 0 Å². The molecule has 0 aromatic carbocycles. The molecule has 1 fully saturated rings. The van der Waals surface area contributed by atoms with Crippen molar-refractivity contribution in [3.05, 3.63) is 24.5 Å². The molecule has 86 valence electrons. The average Bonchev–Trinajstić information content (AvgIpc) is 2.86. The van der Waals surface area contributed by atoms with E-state index in [0.29, 0.717) is 12.8 Å². The van der Waals surface area contributed by atoms with Crippen molar-refractivity contribution in [3.8, 4) is 0 Å². The first-order valence-corrected chi connectivity index (χ1v) is 4.99. The lowest BCUT2D eigenvalue weighted by molar-refractivity contribution is -0.151. The van der Waals surface area contributed by atoms with E-state index in [1.165, 1.54) is 4.68 Å². The molecule has 1 aromatic rings. The van der Waals surface area contributed by atoms with Gasteiger partial charge in [0.05, 0.1) is 0 Å². The third kappa shape index (κ3) is 2.22. The molecule has 6 heteroatoms. The Morgan fingerprint density at radius 2 is 1.88 bits per heavy atom. The molecule has 1 aliphatic heterocycles. The monoisotopic (exact) mass is 224 g/mol. The van der Waals surface area contributed by atoms with Crippen molar-refractivity contribution in [2.45, 2.75) is 25.0 Å². The number of carbonyl (C=O) groups excluding carboxylic acids is 1. The van der Waals surface area contributed by atoms with Crippen molar-refractivity contribution >= 4 is 11.9 Å². The summed E-state index contributed by atoms with van der Waals surface area (Å²) in [6.45, 7) is 0. The zero-order valence-corrected chi connectivity index (χ0v) is 8.50. The van der Waals surface area contributed by atoms with E-state index >= 15 is 0 Å². The first-order valence-electron chi connectivity index (χ1n) is 4.99. The minimum Gasteiger partial charge on any atom is -0.479 e. The van der Waals surface area contributed by atoms with Crippen molar-refractivity contribution in [1.29, 1.82) is 0 Å². The van der Waals surface area contributed by atoms with Crippen molar-refractivity contribution in [2.75, 3.05) is 5.43 Å². The molecule has 2 N–H and O–H groups in total.